The van der Waals surface area contributed by atoms with Gasteiger partial charge in [0.25, 0.3) is 0 Å². The molecule has 1 aromatic rings. The highest BCUT2D eigenvalue weighted by molar-refractivity contribution is 9.10. The maximum Gasteiger partial charge on any atom is 0.407 e. The summed E-state index contributed by atoms with van der Waals surface area (Å²) >= 11 is 3.22. The van der Waals surface area contributed by atoms with E-state index in [0.29, 0.717) is 0 Å². The molecule has 0 spiro atoms. The van der Waals surface area contributed by atoms with Crippen molar-refractivity contribution >= 4 is 15.9 Å². The number of halogens is 4. The molecule has 0 saturated heterocycles. The van der Waals surface area contributed by atoms with E-state index in [1.165, 1.54) is 12.1 Å². The molecule has 18 heavy (non-hydrogen) atoms. The molecule has 1 N–H and O–H groups in total. The van der Waals surface area contributed by atoms with Gasteiger partial charge in [-0.3, -0.25) is 5.32 Å². The molecule has 0 amide bonds. The van der Waals surface area contributed by atoms with Crippen LogP contribution in [0.2, 0.25) is 0 Å². The van der Waals surface area contributed by atoms with Crippen molar-refractivity contribution in [2.24, 2.45) is 5.41 Å². The molecule has 100 valence electrons. The first-order valence-electron chi connectivity index (χ1n) is 5.78. The molecular formula is C13H15BrF3N. The summed E-state index contributed by atoms with van der Waals surface area (Å²) in [5, 5.41) is 2.72. The van der Waals surface area contributed by atoms with Gasteiger partial charge in [0.15, 0.2) is 0 Å². The fraction of sp³-hybridized carbons (Fsp3) is 0.538. The Balaban J connectivity index is 2.18. The van der Waals surface area contributed by atoms with E-state index in [0.717, 1.165) is 10.9 Å². The van der Waals surface area contributed by atoms with Crippen LogP contribution >= 0.6 is 15.9 Å². The number of rotatable bonds is 3. The Labute approximate surface area is 113 Å². The van der Waals surface area contributed by atoms with Crippen LogP contribution in [0.5, 0.6) is 0 Å². The van der Waals surface area contributed by atoms with E-state index < -0.39 is 12.2 Å². The molecular weight excluding hydrogens is 307 g/mol. The molecule has 0 aliphatic heterocycles. The molecule has 1 aliphatic rings. The van der Waals surface area contributed by atoms with Crippen molar-refractivity contribution in [3.63, 3.8) is 0 Å². The zero-order chi connectivity index (χ0) is 13.6. The van der Waals surface area contributed by atoms with Crippen LogP contribution in [-0.4, -0.2) is 12.2 Å². The van der Waals surface area contributed by atoms with Crippen molar-refractivity contribution in [3.8, 4) is 0 Å². The minimum Gasteiger partial charge on any atom is -0.299 e. The Morgan fingerprint density at radius 1 is 1.28 bits per heavy atom. The number of hydrogen-bond donors (Lipinski definition) is 1. The normalized spacial score (nSPS) is 23.8. The van der Waals surface area contributed by atoms with Gasteiger partial charge in [-0.1, -0.05) is 41.9 Å². The third-order valence-electron chi connectivity index (χ3n) is 3.41. The molecule has 5 heteroatoms. The van der Waals surface area contributed by atoms with Crippen LogP contribution < -0.4 is 5.32 Å². The molecule has 0 bridgehead atoms. The molecule has 1 aromatic carbocycles. The van der Waals surface area contributed by atoms with Gasteiger partial charge in [0.2, 0.25) is 0 Å². The summed E-state index contributed by atoms with van der Waals surface area (Å²) in [6.07, 6.45) is -3.48. The summed E-state index contributed by atoms with van der Waals surface area (Å²) in [4.78, 5) is 0. The van der Waals surface area contributed by atoms with Crippen molar-refractivity contribution in [3.05, 3.63) is 34.3 Å². The first kappa shape index (κ1) is 13.9. The van der Waals surface area contributed by atoms with Crippen molar-refractivity contribution < 1.29 is 13.2 Å². The van der Waals surface area contributed by atoms with Crippen LogP contribution in [0.3, 0.4) is 0 Å². The predicted molar refractivity (Wildman–Crippen MR) is 68.3 cm³/mol. The molecule has 0 heterocycles. The Hall–Kier alpha value is -0.550. The Bertz CT molecular complexity index is 425. The monoisotopic (exact) mass is 321 g/mol. The maximum absolute atomic E-state index is 13.1. The first-order valence-corrected chi connectivity index (χ1v) is 6.58. The minimum atomic E-state index is -4.27. The highest BCUT2D eigenvalue weighted by Gasteiger charge is 2.51. The zero-order valence-corrected chi connectivity index (χ0v) is 11.8. The molecule has 0 radical (unpaired) electrons. The summed E-state index contributed by atoms with van der Waals surface area (Å²) < 4.78 is 40.0. The third kappa shape index (κ3) is 3.06. The molecule has 1 nitrogen and oxygen atoms in total. The van der Waals surface area contributed by atoms with Gasteiger partial charge < -0.3 is 0 Å². The maximum atomic E-state index is 13.1. The summed E-state index contributed by atoms with van der Waals surface area (Å²) in [6.45, 7) is 3.94. The summed E-state index contributed by atoms with van der Waals surface area (Å²) in [5.41, 5.74) is 0.229. The second-order valence-corrected chi connectivity index (χ2v) is 6.35. The van der Waals surface area contributed by atoms with Crippen LogP contribution in [0.4, 0.5) is 13.2 Å². The fourth-order valence-corrected chi connectivity index (χ4v) is 2.25. The lowest BCUT2D eigenvalue weighted by Gasteiger charge is -2.23. The van der Waals surface area contributed by atoms with E-state index in [2.05, 4.69) is 21.2 Å². The molecule has 2 unspecified atom stereocenters. The van der Waals surface area contributed by atoms with Crippen LogP contribution in [0.1, 0.15) is 31.9 Å². The lowest BCUT2D eigenvalue weighted by Crippen LogP contribution is -2.36. The quantitative estimate of drug-likeness (QED) is 0.867. The highest BCUT2D eigenvalue weighted by atomic mass is 79.9. The minimum absolute atomic E-state index is 0.0289. The van der Waals surface area contributed by atoms with E-state index in [9.17, 15) is 13.2 Å². The molecule has 2 rings (SSSR count). The van der Waals surface area contributed by atoms with Crippen molar-refractivity contribution in [2.45, 2.75) is 38.5 Å². The van der Waals surface area contributed by atoms with Gasteiger partial charge in [-0.15, -0.1) is 0 Å². The lowest BCUT2D eigenvalue weighted by atomic mass is 10.1. The van der Waals surface area contributed by atoms with Crippen molar-refractivity contribution in [2.75, 3.05) is 0 Å². The van der Waals surface area contributed by atoms with E-state index >= 15 is 0 Å². The topological polar surface area (TPSA) is 12.0 Å². The van der Waals surface area contributed by atoms with Gasteiger partial charge in [0.1, 0.15) is 6.04 Å². The van der Waals surface area contributed by atoms with Gasteiger partial charge >= 0.3 is 6.18 Å². The summed E-state index contributed by atoms with van der Waals surface area (Å²) in [6, 6.07) is 4.63. The van der Waals surface area contributed by atoms with Gasteiger partial charge in [0.05, 0.1) is 0 Å². The smallest absolute Gasteiger partial charge is 0.299 e. The number of benzene rings is 1. The lowest BCUT2D eigenvalue weighted by molar-refractivity contribution is -0.158. The summed E-state index contributed by atoms with van der Waals surface area (Å²) in [5.74, 6) is 0. The largest absolute Gasteiger partial charge is 0.407 e. The van der Waals surface area contributed by atoms with E-state index in [4.69, 9.17) is 0 Å². The van der Waals surface area contributed by atoms with Crippen LogP contribution in [0, 0.1) is 5.41 Å². The molecule has 2 atom stereocenters. The second kappa shape index (κ2) is 4.53. The zero-order valence-electron chi connectivity index (χ0n) is 10.2. The van der Waals surface area contributed by atoms with Crippen LogP contribution in [0.15, 0.2) is 28.7 Å². The summed E-state index contributed by atoms with van der Waals surface area (Å²) in [7, 11) is 0. The van der Waals surface area contributed by atoms with E-state index in [-0.39, 0.29) is 17.0 Å². The Morgan fingerprint density at radius 2 is 1.78 bits per heavy atom. The average molecular weight is 322 g/mol. The predicted octanol–water partition coefficient (Wildman–Crippen LogP) is 4.44. The van der Waals surface area contributed by atoms with E-state index in [1.807, 2.05) is 13.8 Å². The molecule has 1 saturated carbocycles. The number of nitrogens with one attached hydrogen (secondary N) is 1. The first-order chi connectivity index (χ1) is 8.20. The number of alkyl halides is 3. The highest BCUT2D eigenvalue weighted by Crippen LogP contribution is 2.47. The van der Waals surface area contributed by atoms with Gasteiger partial charge in [0, 0.05) is 10.5 Å². The molecule has 1 fully saturated rings. The molecule has 0 aromatic heterocycles. The average Bonchev–Trinajstić information content (AvgIpc) is 2.83. The van der Waals surface area contributed by atoms with Crippen molar-refractivity contribution in [1.82, 2.24) is 5.32 Å². The van der Waals surface area contributed by atoms with Crippen molar-refractivity contribution in [1.29, 1.82) is 0 Å². The fourth-order valence-electron chi connectivity index (χ4n) is 1.99. The third-order valence-corrected chi connectivity index (χ3v) is 3.94. The van der Waals surface area contributed by atoms with Gasteiger partial charge in [-0.2, -0.15) is 13.2 Å². The van der Waals surface area contributed by atoms with Gasteiger partial charge in [-0.05, 0) is 29.5 Å². The molecule has 1 aliphatic carbocycles. The Morgan fingerprint density at radius 3 is 2.17 bits per heavy atom. The number of hydrogen-bond acceptors (Lipinski definition) is 1. The van der Waals surface area contributed by atoms with Crippen LogP contribution in [0.25, 0.3) is 0 Å². The standard InChI is InChI=1S/C13H15BrF3N/c1-12(2)7-10(12)18-11(13(15,16)17)8-3-5-9(14)6-4-8/h3-6,10-11,18H,7H2,1-2H3. The SMILES string of the molecule is CC1(C)CC1NC(c1ccc(Br)cc1)C(F)(F)F. The van der Waals surface area contributed by atoms with Gasteiger partial charge in [-0.25, -0.2) is 0 Å². The Kier molecular flexibility index (Phi) is 3.49. The van der Waals surface area contributed by atoms with E-state index in [1.54, 1.807) is 12.1 Å². The van der Waals surface area contributed by atoms with Crippen LogP contribution in [-0.2, 0) is 0 Å². The second-order valence-electron chi connectivity index (χ2n) is 5.44.